The van der Waals surface area contributed by atoms with Crippen LogP contribution >= 0.6 is 7.60 Å². The molecule has 0 N–H and O–H groups in total. The first-order chi connectivity index (χ1) is 9.53. The van der Waals surface area contributed by atoms with E-state index in [2.05, 4.69) is 4.99 Å². The van der Waals surface area contributed by atoms with Gasteiger partial charge in [-0.15, -0.1) is 0 Å². The largest absolute Gasteiger partial charge is 0.370 e. The van der Waals surface area contributed by atoms with Crippen LogP contribution in [0.5, 0.6) is 0 Å². The van der Waals surface area contributed by atoms with E-state index in [0.717, 1.165) is 5.56 Å². The van der Waals surface area contributed by atoms with Gasteiger partial charge in [0.1, 0.15) is 0 Å². The van der Waals surface area contributed by atoms with Crippen LogP contribution in [0.25, 0.3) is 0 Å². The number of benzene rings is 1. The third-order valence-electron chi connectivity index (χ3n) is 2.59. The molecule has 1 unspecified atom stereocenters. The molecule has 1 rings (SSSR count). The van der Waals surface area contributed by atoms with E-state index in [1.54, 1.807) is 13.8 Å². The molecule has 0 aliphatic heterocycles. The van der Waals surface area contributed by atoms with E-state index in [4.69, 9.17) is 9.05 Å². The fourth-order valence-corrected chi connectivity index (χ4v) is 3.23. The summed E-state index contributed by atoms with van der Waals surface area (Å²) in [7, 11) is -3.79. The first kappa shape index (κ1) is 17.0. The van der Waals surface area contributed by atoms with Gasteiger partial charge in [0.15, 0.2) is 0 Å². The molecule has 0 aliphatic rings. The zero-order chi connectivity index (χ0) is 15.0. The van der Waals surface area contributed by atoms with Gasteiger partial charge < -0.3 is 9.05 Å². The normalized spacial score (nSPS) is 14.3. The molecule has 0 saturated heterocycles. The Bertz CT molecular complexity index is 469. The molecule has 0 fully saturated rings. The molecule has 0 spiro atoms. The molecule has 0 saturated carbocycles. The minimum atomic E-state index is -3.79. The molecule has 0 amide bonds. The number of aliphatic imine (C=N–C) groups is 1. The molecule has 0 bridgehead atoms. The van der Waals surface area contributed by atoms with Gasteiger partial charge in [0.2, 0.25) is 5.91 Å². The van der Waals surface area contributed by atoms with Crippen molar-refractivity contribution in [2.75, 3.05) is 13.2 Å². The van der Waals surface area contributed by atoms with E-state index in [9.17, 15) is 8.96 Å². The molecule has 0 aromatic heterocycles. The Kier molecular flexibility index (Phi) is 7.06. The second-order valence-corrected chi connectivity index (χ2v) is 6.20. The van der Waals surface area contributed by atoms with Gasteiger partial charge >= 0.3 is 7.60 Å². The molecular formula is C14H21FNO3P. The van der Waals surface area contributed by atoms with E-state index in [1.807, 2.05) is 30.3 Å². The second kappa shape index (κ2) is 8.30. The van der Waals surface area contributed by atoms with Crippen LogP contribution in [0.4, 0.5) is 4.39 Å². The molecule has 6 heteroatoms. The SMILES string of the molecule is CCOP(=O)(OCC)C(F)C(C)=NCc1ccccc1. The van der Waals surface area contributed by atoms with Crippen LogP contribution in [0.2, 0.25) is 0 Å². The van der Waals surface area contributed by atoms with Gasteiger partial charge in [0, 0.05) is 0 Å². The van der Waals surface area contributed by atoms with E-state index in [1.165, 1.54) is 6.92 Å². The van der Waals surface area contributed by atoms with Crippen molar-refractivity contribution in [2.24, 2.45) is 4.99 Å². The maximum atomic E-state index is 14.3. The Balaban J connectivity index is 2.78. The zero-order valence-electron chi connectivity index (χ0n) is 12.1. The quantitative estimate of drug-likeness (QED) is 0.534. The van der Waals surface area contributed by atoms with Gasteiger partial charge in [0.25, 0.3) is 0 Å². The average Bonchev–Trinajstić information content (AvgIpc) is 2.45. The van der Waals surface area contributed by atoms with Crippen LogP contribution in [-0.4, -0.2) is 24.8 Å². The Labute approximate surface area is 119 Å². The Morgan fingerprint density at radius 2 is 1.80 bits per heavy atom. The van der Waals surface area contributed by atoms with Gasteiger partial charge in [-0.1, -0.05) is 30.3 Å². The van der Waals surface area contributed by atoms with Crippen LogP contribution in [0, 0.1) is 0 Å². The summed E-state index contributed by atoms with van der Waals surface area (Å²) in [6.45, 7) is 5.39. The Morgan fingerprint density at radius 3 is 2.30 bits per heavy atom. The van der Waals surface area contributed by atoms with Crippen molar-refractivity contribution in [3.8, 4) is 0 Å². The molecule has 0 radical (unpaired) electrons. The fraction of sp³-hybridized carbons (Fsp3) is 0.500. The summed E-state index contributed by atoms with van der Waals surface area (Å²) in [6, 6.07) is 9.47. The first-order valence-electron chi connectivity index (χ1n) is 6.61. The third-order valence-corrected chi connectivity index (χ3v) is 4.76. The number of nitrogens with zero attached hydrogens (tertiary/aromatic N) is 1. The summed E-state index contributed by atoms with van der Waals surface area (Å²) < 4.78 is 36.5. The fourth-order valence-electron chi connectivity index (χ4n) is 1.63. The predicted octanol–water partition coefficient (Wildman–Crippen LogP) is 4.21. The summed E-state index contributed by atoms with van der Waals surface area (Å²) in [4.78, 5) is 4.13. The number of hydrogen-bond acceptors (Lipinski definition) is 4. The standard InChI is InChI=1S/C14H21FNO3P/c1-4-18-20(17,19-5-2)14(15)12(3)16-11-13-9-7-6-8-10-13/h6-10,14H,4-5,11H2,1-3H3. The maximum absolute atomic E-state index is 14.3. The third kappa shape index (κ3) is 4.82. The number of hydrogen-bond donors (Lipinski definition) is 0. The lowest BCUT2D eigenvalue weighted by atomic mass is 10.2. The zero-order valence-corrected chi connectivity index (χ0v) is 13.0. The molecular weight excluding hydrogens is 280 g/mol. The van der Waals surface area contributed by atoms with Gasteiger partial charge in [-0.3, -0.25) is 9.56 Å². The van der Waals surface area contributed by atoms with Crippen molar-refractivity contribution in [1.29, 1.82) is 0 Å². The molecule has 1 aromatic carbocycles. The lowest BCUT2D eigenvalue weighted by Gasteiger charge is -2.20. The van der Waals surface area contributed by atoms with Crippen molar-refractivity contribution < 1.29 is 18.0 Å². The smallest absolute Gasteiger partial charge is 0.307 e. The number of rotatable bonds is 8. The summed E-state index contributed by atoms with van der Waals surface area (Å²) >= 11 is 0. The Morgan fingerprint density at radius 1 is 1.25 bits per heavy atom. The van der Waals surface area contributed by atoms with E-state index in [0.29, 0.717) is 6.54 Å². The minimum absolute atomic E-state index is 0.124. The topological polar surface area (TPSA) is 47.9 Å². The van der Waals surface area contributed by atoms with Crippen LogP contribution in [-0.2, 0) is 20.2 Å². The van der Waals surface area contributed by atoms with Crippen molar-refractivity contribution in [3.05, 3.63) is 35.9 Å². The number of alkyl halides is 1. The van der Waals surface area contributed by atoms with E-state index >= 15 is 0 Å². The highest BCUT2D eigenvalue weighted by atomic mass is 31.2. The summed E-state index contributed by atoms with van der Waals surface area (Å²) in [5.41, 5.74) is 1.08. The minimum Gasteiger partial charge on any atom is -0.307 e. The Hall–Kier alpha value is -1.03. The van der Waals surface area contributed by atoms with Gasteiger partial charge in [-0.05, 0) is 26.3 Å². The predicted molar refractivity (Wildman–Crippen MR) is 79.0 cm³/mol. The van der Waals surface area contributed by atoms with E-state index in [-0.39, 0.29) is 18.9 Å². The molecule has 0 aliphatic carbocycles. The van der Waals surface area contributed by atoms with Crippen molar-refractivity contribution in [1.82, 2.24) is 0 Å². The van der Waals surface area contributed by atoms with Crippen molar-refractivity contribution >= 4 is 13.3 Å². The molecule has 112 valence electrons. The van der Waals surface area contributed by atoms with Crippen molar-refractivity contribution in [2.45, 2.75) is 33.2 Å². The highest BCUT2D eigenvalue weighted by Gasteiger charge is 2.37. The molecule has 1 atom stereocenters. The van der Waals surface area contributed by atoms with Crippen molar-refractivity contribution in [3.63, 3.8) is 0 Å². The van der Waals surface area contributed by atoms with Gasteiger partial charge in [0.05, 0.1) is 25.5 Å². The average molecular weight is 301 g/mol. The second-order valence-electron chi connectivity index (χ2n) is 4.15. The lowest BCUT2D eigenvalue weighted by Crippen LogP contribution is -2.17. The molecule has 1 aromatic rings. The first-order valence-corrected chi connectivity index (χ1v) is 8.22. The van der Waals surface area contributed by atoms with Crippen LogP contribution in [0.1, 0.15) is 26.3 Å². The highest BCUT2D eigenvalue weighted by Crippen LogP contribution is 2.54. The number of halogens is 1. The maximum Gasteiger partial charge on any atom is 0.370 e. The van der Waals surface area contributed by atoms with Crippen LogP contribution in [0.3, 0.4) is 0 Å². The monoisotopic (exact) mass is 301 g/mol. The van der Waals surface area contributed by atoms with Crippen LogP contribution < -0.4 is 0 Å². The molecule has 4 nitrogen and oxygen atoms in total. The molecule has 0 heterocycles. The van der Waals surface area contributed by atoms with Crippen LogP contribution in [0.15, 0.2) is 35.3 Å². The van der Waals surface area contributed by atoms with Gasteiger partial charge in [-0.2, -0.15) is 0 Å². The summed E-state index contributed by atoms with van der Waals surface area (Å²) in [5.74, 6) is -1.83. The van der Waals surface area contributed by atoms with Gasteiger partial charge in [-0.25, -0.2) is 4.39 Å². The molecule has 20 heavy (non-hydrogen) atoms. The highest BCUT2D eigenvalue weighted by molar-refractivity contribution is 7.55. The van der Waals surface area contributed by atoms with E-state index < -0.39 is 13.5 Å². The lowest BCUT2D eigenvalue weighted by molar-refractivity contribution is 0.202. The summed E-state index contributed by atoms with van der Waals surface area (Å²) in [6.07, 6.45) is 0. The summed E-state index contributed by atoms with van der Waals surface area (Å²) in [5, 5.41) is 0.